The molecule has 368 valence electrons. The fourth-order valence-electron chi connectivity index (χ4n) is 14.0. The number of imidazole rings is 2. The Kier molecular flexibility index (Phi) is 8.91. The van der Waals surface area contributed by atoms with E-state index in [1.165, 1.54) is 108 Å². The number of benzene rings is 14. The summed E-state index contributed by atoms with van der Waals surface area (Å²) in [4.78, 5) is 10.6. The molecule has 0 N–H and O–H groups in total. The third-order valence-electron chi connectivity index (χ3n) is 17.3. The lowest BCUT2D eigenvalue weighted by atomic mass is 9.85. The van der Waals surface area contributed by atoms with E-state index in [4.69, 9.17) is 9.97 Å². The SMILES string of the molecule is c1ccc(-n2c(-c3ccc(-c4c5cc6c(cc5c(-c5ccc(-c7nc8ccccc8n7-c7ccccc7)cc5)c5c7cc8ccccc8c8cccc(c45)c87)c4cccc5c7ccccc7cc6c54)cc3)nc3ccccc32)cc1. The van der Waals surface area contributed by atoms with Gasteiger partial charge < -0.3 is 0 Å². The summed E-state index contributed by atoms with van der Waals surface area (Å²) >= 11 is 0. The van der Waals surface area contributed by atoms with Gasteiger partial charge >= 0.3 is 0 Å². The Morgan fingerprint density at radius 1 is 0.225 bits per heavy atom. The first-order valence-electron chi connectivity index (χ1n) is 27.6. The van der Waals surface area contributed by atoms with Crippen molar-refractivity contribution in [1.82, 2.24) is 19.1 Å². The molecule has 0 amide bonds. The molecule has 18 rings (SSSR count). The van der Waals surface area contributed by atoms with Crippen molar-refractivity contribution in [3.8, 4) is 56.4 Å². The molecule has 0 fully saturated rings. The van der Waals surface area contributed by atoms with Crippen LogP contribution in [0.3, 0.4) is 0 Å². The molecule has 4 nitrogen and oxygen atoms in total. The second-order valence-corrected chi connectivity index (χ2v) is 21.5. The topological polar surface area (TPSA) is 35.6 Å². The third-order valence-corrected chi connectivity index (χ3v) is 17.3. The maximum atomic E-state index is 5.31. The van der Waals surface area contributed by atoms with E-state index in [1.807, 2.05) is 0 Å². The van der Waals surface area contributed by atoms with Gasteiger partial charge in [0.15, 0.2) is 0 Å². The van der Waals surface area contributed by atoms with Crippen LogP contribution in [0.5, 0.6) is 0 Å². The molecule has 2 aromatic heterocycles. The van der Waals surface area contributed by atoms with Crippen molar-refractivity contribution in [3.63, 3.8) is 0 Å². The normalized spacial score (nSPS) is 12.2. The number of para-hydroxylation sites is 6. The second kappa shape index (κ2) is 16.4. The maximum absolute atomic E-state index is 5.31. The minimum Gasteiger partial charge on any atom is -0.292 e. The number of aromatic nitrogens is 4. The van der Waals surface area contributed by atoms with E-state index in [1.54, 1.807) is 0 Å². The predicted octanol–water partition coefficient (Wildman–Crippen LogP) is 20.3. The zero-order chi connectivity index (χ0) is 52.2. The minimum absolute atomic E-state index is 0.914. The van der Waals surface area contributed by atoms with E-state index >= 15 is 0 Å². The number of hydrogen-bond donors (Lipinski definition) is 0. The van der Waals surface area contributed by atoms with Crippen LogP contribution < -0.4 is 0 Å². The van der Waals surface area contributed by atoms with Gasteiger partial charge in [-0.1, -0.05) is 194 Å². The van der Waals surface area contributed by atoms with Gasteiger partial charge in [-0.05, 0) is 192 Å². The summed E-state index contributed by atoms with van der Waals surface area (Å²) < 4.78 is 4.59. The summed E-state index contributed by atoms with van der Waals surface area (Å²) in [5.41, 5.74) is 13.2. The van der Waals surface area contributed by atoms with E-state index in [2.05, 4.69) is 276 Å². The van der Waals surface area contributed by atoms with Crippen LogP contribution >= 0.6 is 0 Å². The molecule has 18 aromatic rings. The molecule has 80 heavy (non-hydrogen) atoms. The molecule has 16 aromatic carbocycles. The molecule has 0 bridgehead atoms. The Hall–Kier alpha value is -10.7. The van der Waals surface area contributed by atoms with Crippen molar-refractivity contribution in [3.05, 3.63) is 267 Å². The monoisotopic (exact) mass is 1010 g/mol. The lowest BCUT2D eigenvalue weighted by Gasteiger charge is -2.18. The summed E-state index contributed by atoms with van der Waals surface area (Å²) in [7, 11) is 0. The Balaban J connectivity index is 0.972. The number of fused-ring (bicyclic) bond motifs is 13. The molecule has 0 aliphatic carbocycles. The number of nitrogens with zero attached hydrogens (tertiary/aromatic N) is 4. The maximum Gasteiger partial charge on any atom is 0.145 e. The number of rotatable bonds is 6. The summed E-state index contributed by atoms with van der Waals surface area (Å²) in [6.45, 7) is 0. The summed E-state index contributed by atoms with van der Waals surface area (Å²) in [6.07, 6.45) is 0. The molecule has 0 aliphatic heterocycles. The fourth-order valence-corrected chi connectivity index (χ4v) is 14.0. The minimum atomic E-state index is 0.914. The Labute approximate surface area is 459 Å². The molecule has 0 aliphatic rings. The van der Waals surface area contributed by atoms with Crippen LogP contribution in [0.4, 0.5) is 0 Å². The smallest absolute Gasteiger partial charge is 0.145 e. The molecule has 0 saturated carbocycles. The van der Waals surface area contributed by atoms with Crippen molar-refractivity contribution in [1.29, 1.82) is 0 Å². The molecule has 2 heterocycles. The highest BCUT2D eigenvalue weighted by Gasteiger charge is 2.27. The highest BCUT2D eigenvalue weighted by molar-refractivity contribution is 6.44. The van der Waals surface area contributed by atoms with Crippen LogP contribution in [-0.2, 0) is 0 Å². The average molecular weight is 1010 g/mol. The molecule has 0 unspecified atom stereocenters. The highest BCUT2D eigenvalue weighted by Crippen LogP contribution is 2.55. The summed E-state index contributed by atoms with van der Waals surface area (Å²) in [5.74, 6) is 1.83. The zero-order valence-corrected chi connectivity index (χ0v) is 43.2. The van der Waals surface area contributed by atoms with Crippen LogP contribution in [0, 0.1) is 0 Å². The van der Waals surface area contributed by atoms with Gasteiger partial charge in [0, 0.05) is 22.5 Å². The number of hydrogen-bond acceptors (Lipinski definition) is 2. The van der Waals surface area contributed by atoms with Gasteiger partial charge in [0.05, 0.1) is 22.1 Å². The first-order valence-corrected chi connectivity index (χ1v) is 27.6. The summed E-state index contributed by atoms with van der Waals surface area (Å²) in [6, 6.07) is 98.3. The van der Waals surface area contributed by atoms with Crippen molar-refractivity contribution in [2.75, 3.05) is 0 Å². The molecule has 0 saturated heterocycles. The van der Waals surface area contributed by atoms with Gasteiger partial charge in [-0.2, -0.15) is 0 Å². The quantitative estimate of drug-likeness (QED) is 0.156. The van der Waals surface area contributed by atoms with E-state index < -0.39 is 0 Å². The largest absolute Gasteiger partial charge is 0.292 e. The molecular weight excluding hydrogens is 969 g/mol. The lowest BCUT2D eigenvalue weighted by molar-refractivity contribution is 1.10. The van der Waals surface area contributed by atoms with Gasteiger partial charge in [-0.25, -0.2) is 9.97 Å². The molecule has 4 heteroatoms. The Morgan fingerprint density at radius 2 is 0.600 bits per heavy atom. The Morgan fingerprint density at radius 3 is 1.12 bits per heavy atom. The average Bonchev–Trinajstić information content (AvgIpc) is 4.48. The zero-order valence-electron chi connectivity index (χ0n) is 43.2. The van der Waals surface area contributed by atoms with Gasteiger partial charge in [-0.3, -0.25) is 9.13 Å². The van der Waals surface area contributed by atoms with E-state index in [9.17, 15) is 0 Å². The van der Waals surface area contributed by atoms with E-state index in [0.29, 0.717) is 0 Å². The van der Waals surface area contributed by atoms with E-state index in [0.717, 1.165) is 67.3 Å². The van der Waals surface area contributed by atoms with Gasteiger partial charge in [0.2, 0.25) is 0 Å². The molecular formula is C76H44N4. The van der Waals surface area contributed by atoms with Gasteiger partial charge in [-0.15, -0.1) is 0 Å². The van der Waals surface area contributed by atoms with Crippen LogP contribution in [0.25, 0.3) is 175 Å². The van der Waals surface area contributed by atoms with E-state index in [-0.39, 0.29) is 0 Å². The third kappa shape index (κ3) is 6.04. The predicted molar refractivity (Wildman–Crippen MR) is 337 cm³/mol. The van der Waals surface area contributed by atoms with Crippen LogP contribution in [0.1, 0.15) is 0 Å². The van der Waals surface area contributed by atoms with Crippen LogP contribution in [-0.4, -0.2) is 19.1 Å². The van der Waals surface area contributed by atoms with Crippen molar-refractivity contribution >= 4 is 119 Å². The van der Waals surface area contributed by atoms with Crippen LogP contribution in [0.2, 0.25) is 0 Å². The molecule has 0 atom stereocenters. The Bertz CT molecular complexity index is 5560. The lowest BCUT2D eigenvalue weighted by Crippen LogP contribution is -1.97. The standard InChI is InChI=1S/C76H44N4/c1-3-19-51(20-4-1)79-67-31-13-11-29-65(67)77-75(79)47-37-33-45(34-38-47)69-63-44-60-59(57-27-15-25-55-53-23-9-7-17-49(53)41-61(60)71(55)57)43-62(63)70(74-64-42-50-18-8-10-24-54(50)56-26-16-28-58(72(56)64)73(69)74)46-35-39-48(40-36-46)76-78-66-30-12-14-32-68(66)80(76)52-21-5-2-6-22-52/h1-44H. The first-order chi connectivity index (χ1) is 39.7. The highest BCUT2D eigenvalue weighted by atomic mass is 15.1. The second-order valence-electron chi connectivity index (χ2n) is 21.5. The van der Waals surface area contributed by atoms with Gasteiger partial charge in [0.1, 0.15) is 11.6 Å². The molecule has 0 radical (unpaired) electrons. The summed E-state index contributed by atoms with van der Waals surface area (Å²) in [5, 5.41) is 22.8. The van der Waals surface area contributed by atoms with Crippen molar-refractivity contribution in [2.24, 2.45) is 0 Å². The van der Waals surface area contributed by atoms with Crippen molar-refractivity contribution in [2.45, 2.75) is 0 Å². The molecule has 0 spiro atoms. The van der Waals surface area contributed by atoms with Crippen molar-refractivity contribution < 1.29 is 0 Å². The van der Waals surface area contributed by atoms with Gasteiger partial charge in [0.25, 0.3) is 0 Å². The first kappa shape index (κ1) is 43.4. The fraction of sp³-hybridized carbons (Fsp3) is 0. The van der Waals surface area contributed by atoms with Crippen LogP contribution in [0.15, 0.2) is 267 Å².